The van der Waals surface area contributed by atoms with Gasteiger partial charge in [-0.2, -0.15) is 0 Å². The van der Waals surface area contributed by atoms with Crippen LogP contribution in [0.1, 0.15) is 118 Å². The Morgan fingerprint density at radius 1 is 0.647 bits per heavy atom. The van der Waals surface area contributed by atoms with Gasteiger partial charge in [0.05, 0.1) is 0 Å². The van der Waals surface area contributed by atoms with E-state index in [1.165, 1.54) is 85.5 Å². The molecule has 1 amide bonds. The van der Waals surface area contributed by atoms with Crippen molar-refractivity contribution in [2.45, 2.75) is 136 Å². The molecule has 0 aliphatic heterocycles. The summed E-state index contributed by atoms with van der Waals surface area (Å²) in [6.45, 7) is 7.15. The first-order valence-electron chi connectivity index (χ1n) is 12.9. The first-order chi connectivity index (χ1) is 16.2. The van der Waals surface area contributed by atoms with Crippen LogP contribution in [-0.4, -0.2) is 48.7 Å². The van der Waals surface area contributed by atoms with E-state index >= 15 is 0 Å². The van der Waals surface area contributed by atoms with Crippen molar-refractivity contribution in [2.75, 3.05) is 6.61 Å². The maximum atomic E-state index is 11.8. The predicted molar refractivity (Wildman–Crippen MR) is 131 cm³/mol. The van der Waals surface area contributed by atoms with Crippen molar-refractivity contribution in [2.24, 2.45) is 0 Å². The highest BCUT2D eigenvalue weighted by molar-refractivity contribution is 5.73. The molecule has 0 unspecified atom stereocenters. The van der Waals surface area contributed by atoms with Gasteiger partial charge < -0.3 is 19.5 Å². The molecule has 0 fully saturated rings. The normalized spacial score (nSPS) is 13.4. The number of carbonyl (C=O) groups is 4. The molecule has 34 heavy (non-hydrogen) atoms. The Labute approximate surface area is 205 Å². The Morgan fingerprint density at radius 3 is 1.53 bits per heavy atom. The Morgan fingerprint density at radius 2 is 1.12 bits per heavy atom. The molecule has 0 bridgehead atoms. The highest BCUT2D eigenvalue weighted by Crippen LogP contribution is 2.19. The summed E-state index contributed by atoms with van der Waals surface area (Å²) in [5.74, 6) is -1.98. The fourth-order valence-corrected chi connectivity index (χ4v) is 3.99. The third-order valence-corrected chi connectivity index (χ3v) is 5.58. The van der Waals surface area contributed by atoms with Crippen LogP contribution in [-0.2, 0) is 33.4 Å². The van der Waals surface area contributed by atoms with Crippen LogP contribution in [0.4, 0.5) is 0 Å². The summed E-state index contributed by atoms with van der Waals surface area (Å²) in [5, 5.41) is 2.66. The Bertz CT molecular complexity index is 594. The number of ether oxygens (including phenoxy) is 3. The molecule has 0 saturated carbocycles. The van der Waals surface area contributed by atoms with Gasteiger partial charge in [-0.3, -0.25) is 19.2 Å². The number of hydrogen-bond donors (Lipinski definition) is 1. The smallest absolute Gasteiger partial charge is 0.303 e. The number of unbranched alkanes of at least 4 members (excludes halogenated alkanes) is 11. The van der Waals surface area contributed by atoms with Gasteiger partial charge in [0.25, 0.3) is 0 Å². The molecule has 0 aliphatic carbocycles. The molecule has 0 spiro atoms. The summed E-state index contributed by atoms with van der Waals surface area (Å²) in [5.41, 5.74) is 0. The van der Waals surface area contributed by atoms with Crippen molar-refractivity contribution in [3.63, 3.8) is 0 Å². The second-order valence-electron chi connectivity index (χ2n) is 9.01. The van der Waals surface area contributed by atoms with Crippen molar-refractivity contribution < 1.29 is 33.4 Å². The second-order valence-corrected chi connectivity index (χ2v) is 9.01. The first-order valence-corrected chi connectivity index (χ1v) is 12.9. The summed E-state index contributed by atoms with van der Waals surface area (Å²) in [6.07, 6.45) is 13.2. The third-order valence-electron chi connectivity index (χ3n) is 5.58. The Balaban J connectivity index is 4.72. The lowest BCUT2D eigenvalue weighted by molar-refractivity contribution is -0.171. The van der Waals surface area contributed by atoms with Crippen molar-refractivity contribution in [3.05, 3.63) is 0 Å². The number of nitrogens with one attached hydrogen (secondary N) is 1. The second kappa shape index (κ2) is 20.3. The lowest BCUT2D eigenvalue weighted by atomic mass is 9.98. The van der Waals surface area contributed by atoms with Crippen molar-refractivity contribution >= 4 is 23.8 Å². The van der Waals surface area contributed by atoms with Gasteiger partial charge in [0.1, 0.15) is 18.8 Å². The molecule has 198 valence electrons. The van der Waals surface area contributed by atoms with Gasteiger partial charge in [0, 0.05) is 27.7 Å². The zero-order valence-electron chi connectivity index (χ0n) is 22.0. The SMILES string of the molecule is CCCCCCCCCCCCCC[C@H](OC(C)=O)[C@H](OC(C)=O)[C@H](COC(C)=O)NC(C)=O. The zero-order valence-corrected chi connectivity index (χ0v) is 22.0. The van der Waals surface area contributed by atoms with E-state index in [9.17, 15) is 19.2 Å². The highest BCUT2D eigenvalue weighted by atomic mass is 16.6. The minimum Gasteiger partial charge on any atom is -0.464 e. The van der Waals surface area contributed by atoms with Gasteiger partial charge in [-0.25, -0.2) is 0 Å². The summed E-state index contributed by atoms with van der Waals surface area (Å²) < 4.78 is 16.0. The van der Waals surface area contributed by atoms with Crippen LogP contribution >= 0.6 is 0 Å². The van der Waals surface area contributed by atoms with Gasteiger partial charge in [-0.05, 0) is 12.8 Å². The average Bonchev–Trinajstić information content (AvgIpc) is 2.74. The fourth-order valence-electron chi connectivity index (χ4n) is 3.99. The zero-order chi connectivity index (χ0) is 25.8. The molecule has 0 aromatic rings. The summed E-state index contributed by atoms with van der Waals surface area (Å²) >= 11 is 0. The van der Waals surface area contributed by atoms with E-state index < -0.39 is 36.2 Å². The Hall–Kier alpha value is -2.12. The van der Waals surface area contributed by atoms with Gasteiger partial charge in [0.2, 0.25) is 5.91 Å². The van der Waals surface area contributed by atoms with Crippen LogP contribution in [0.2, 0.25) is 0 Å². The number of hydrogen-bond acceptors (Lipinski definition) is 7. The Kier molecular flexibility index (Phi) is 19.0. The molecule has 8 heteroatoms. The fraction of sp³-hybridized carbons (Fsp3) is 0.846. The van der Waals surface area contributed by atoms with Crippen LogP contribution in [0.3, 0.4) is 0 Å². The summed E-state index contributed by atoms with van der Waals surface area (Å²) in [4.78, 5) is 46.5. The molecule has 0 saturated heterocycles. The molecule has 3 atom stereocenters. The monoisotopic (exact) mass is 485 g/mol. The molecule has 1 N–H and O–H groups in total. The van der Waals surface area contributed by atoms with Gasteiger partial charge in [-0.1, -0.05) is 77.6 Å². The minimum absolute atomic E-state index is 0.191. The summed E-state index contributed by atoms with van der Waals surface area (Å²) in [6, 6.07) is -0.827. The van der Waals surface area contributed by atoms with Crippen LogP contribution in [0.5, 0.6) is 0 Å². The quantitative estimate of drug-likeness (QED) is 0.147. The van der Waals surface area contributed by atoms with E-state index in [0.29, 0.717) is 6.42 Å². The van der Waals surface area contributed by atoms with E-state index in [0.717, 1.165) is 19.3 Å². The maximum Gasteiger partial charge on any atom is 0.303 e. The van der Waals surface area contributed by atoms with E-state index in [2.05, 4.69) is 12.2 Å². The molecule has 0 heterocycles. The molecular weight excluding hydrogens is 438 g/mol. The van der Waals surface area contributed by atoms with E-state index in [-0.39, 0.29) is 12.5 Å². The lowest BCUT2D eigenvalue weighted by Crippen LogP contribution is -2.53. The van der Waals surface area contributed by atoms with Gasteiger partial charge in [-0.15, -0.1) is 0 Å². The molecule has 0 rings (SSSR count). The number of amides is 1. The van der Waals surface area contributed by atoms with Gasteiger partial charge >= 0.3 is 17.9 Å². The standard InChI is InChI=1S/C26H47NO7/c1-6-7-8-9-10-11-12-13-14-15-16-17-18-25(33-22(4)30)26(34-23(5)31)24(27-20(2)28)19-32-21(3)29/h24-26H,6-19H2,1-5H3,(H,27,28)/t24-,25-,26+/m0/s1. The third kappa shape index (κ3) is 18.3. The van der Waals surface area contributed by atoms with Crippen LogP contribution in [0.15, 0.2) is 0 Å². The molecule has 0 aliphatic rings. The largest absolute Gasteiger partial charge is 0.464 e. The van der Waals surface area contributed by atoms with E-state index in [1.807, 2.05) is 0 Å². The number of carbonyl (C=O) groups excluding carboxylic acids is 4. The number of esters is 3. The van der Waals surface area contributed by atoms with Crippen LogP contribution < -0.4 is 5.32 Å². The summed E-state index contributed by atoms with van der Waals surface area (Å²) in [7, 11) is 0. The minimum atomic E-state index is -0.961. The molecular formula is C26H47NO7. The van der Waals surface area contributed by atoms with Crippen LogP contribution in [0.25, 0.3) is 0 Å². The topological polar surface area (TPSA) is 108 Å². The van der Waals surface area contributed by atoms with Gasteiger partial charge in [0.15, 0.2) is 6.10 Å². The maximum absolute atomic E-state index is 11.8. The average molecular weight is 486 g/mol. The van der Waals surface area contributed by atoms with E-state index in [1.54, 1.807) is 0 Å². The van der Waals surface area contributed by atoms with Crippen molar-refractivity contribution in [3.8, 4) is 0 Å². The molecule has 8 nitrogen and oxygen atoms in total. The van der Waals surface area contributed by atoms with Crippen LogP contribution in [0, 0.1) is 0 Å². The first kappa shape index (κ1) is 31.9. The molecule has 0 aromatic heterocycles. The van der Waals surface area contributed by atoms with E-state index in [4.69, 9.17) is 14.2 Å². The van der Waals surface area contributed by atoms with Crippen molar-refractivity contribution in [1.29, 1.82) is 0 Å². The predicted octanol–water partition coefficient (Wildman–Crippen LogP) is 5.01. The van der Waals surface area contributed by atoms with Crippen molar-refractivity contribution in [1.82, 2.24) is 5.32 Å². The number of rotatable bonds is 20. The molecule has 0 aromatic carbocycles. The lowest BCUT2D eigenvalue weighted by Gasteiger charge is -2.32. The molecule has 0 radical (unpaired) electrons. The highest BCUT2D eigenvalue weighted by Gasteiger charge is 2.35.